The van der Waals surface area contributed by atoms with Gasteiger partial charge in [0.15, 0.2) is 0 Å². The number of anilines is 2. The molecule has 2 heterocycles. The van der Waals surface area contributed by atoms with E-state index in [-0.39, 0.29) is 17.9 Å². The number of hydrogen-bond acceptors (Lipinski definition) is 5. The van der Waals surface area contributed by atoms with Gasteiger partial charge in [-0.25, -0.2) is 0 Å². The van der Waals surface area contributed by atoms with Crippen molar-refractivity contribution in [3.8, 4) is 0 Å². The number of para-hydroxylation sites is 1. The van der Waals surface area contributed by atoms with Crippen molar-refractivity contribution in [3.05, 3.63) is 64.4 Å². The third-order valence-electron chi connectivity index (χ3n) is 5.38. The first-order valence-electron chi connectivity index (χ1n) is 9.80. The van der Waals surface area contributed by atoms with Crippen LogP contribution in [0, 0.1) is 6.92 Å². The van der Waals surface area contributed by atoms with Crippen LogP contribution >= 0.6 is 0 Å². The number of benzene rings is 2. The van der Waals surface area contributed by atoms with Crippen LogP contribution in [-0.2, 0) is 11.3 Å². The smallest absolute Gasteiger partial charge is 0.246 e. The molecular weight excluding hydrogens is 366 g/mol. The van der Waals surface area contributed by atoms with Crippen molar-refractivity contribution in [2.45, 2.75) is 13.5 Å². The number of hydrogen-bond donors (Lipinski definition) is 1. The third-order valence-corrected chi connectivity index (χ3v) is 5.38. The van der Waals surface area contributed by atoms with E-state index in [0.29, 0.717) is 10.9 Å². The average molecular weight is 391 g/mol. The van der Waals surface area contributed by atoms with E-state index in [1.165, 1.54) is 11.9 Å². The molecule has 1 aliphatic heterocycles. The molecule has 7 heteroatoms. The van der Waals surface area contributed by atoms with Crippen LogP contribution in [0.15, 0.2) is 53.5 Å². The molecule has 29 heavy (non-hydrogen) atoms. The topological polar surface area (TPSA) is 70.5 Å². The van der Waals surface area contributed by atoms with Crippen molar-refractivity contribution in [1.29, 1.82) is 0 Å². The van der Waals surface area contributed by atoms with E-state index in [4.69, 9.17) is 0 Å². The van der Waals surface area contributed by atoms with E-state index >= 15 is 0 Å². The SMILES string of the molecule is Cc1cc(NC(=O)Cn2ncc(=O)c3ccccc32)ccc1N1CCN(C)CC1. The van der Waals surface area contributed by atoms with Crippen LogP contribution in [0.3, 0.4) is 0 Å². The molecule has 1 aromatic heterocycles. The van der Waals surface area contributed by atoms with Crippen LogP contribution in [0.1, 0.15) is 5.56 Å². The summed E-state index contributed by atoms with van der Waals surface area (Å²) in [4.78, 5) is 29.2. The van der Waals surface area contributed by atoms with Crippen molar-refractivity contribution in [2.24, 2.45) is 0 Å². The van der Waals surface area contributed by atoms with Gasteiger partial charge < -0.3 is 15.1 Å². The Morgan fingerprint density at radius 1 is 1.10 bits per heavy atom. The van der Waals surface area contributed by atoms with Gasteiger partial charge in [0.2, 0.25) is 11.3 Å². The van der Waals surface area contributed by atoms with Gasteiger partial charge in [-0.3, -0.25) is 14.3 Å². The van der Waals surface area contributed by atoms with E-state index in [2.05, 4.69) is 40.3 Å². The van der Waals surface area contributed by atoms with Gasteiger partial charge in [0.25, 0.3) is 0 Å². The van der Waals surface area contributed by atoms with E-state index < -0.39 is 0 Å². The molecule has 3 aromatic rings. The van der Waals surface area contributed by atoms with Crippen LogP contribution < -0.4 is 15.6 Å². The van der Waals surface area contributed by atoms with E-state index in [1.54, 1.807) is 22.9 Å². The van der Waals surface area contributed by atoms with Crippen LogP contribution in [0.5, 0.6) is 0 Å². The molecule has 0 aliphatic carbocycles. The summed E-state index contributed by atoms with van der Waals surface area (Å²) in [5.41, 5.74) is 3.61. The summed E-state index contributed by atoms with van der Waals surface area (Å²) in [7, 11) is 2.14. The lowest BCUT2D eigenvalue weighted by atomic mass is 10.1. The Balaban J connectivity index is 1.47. The fraction of sp³-hybridized carbons (Fsp3) is 0.318. The third kappa shape index (κ3) is 4.14. The lowest BCUT2D eigenvalue weighted by molar-refractivity contribution is -0.116. The number of aromatic nitrogens is 2. The minimum atomic E-state index is -0.182. The number of likely N-dealkylation sites (N-methyl/N-ethyl adjacent to an activating group) is 1. The first kappa shape index (κ1) is 19.1. The van der Waals surface area contributed by atoms with Crippen molar-refractivity contribution in [2.75, 3.05) is 43.4 Å². The highest BCUT2D eigenvalue weighted by Crippen LogP contribution is 2.24. The molecule has 1 amide bonds. The molecule has 4 rings (SSSR count). The summed E-state index contributed by atoms with van der Waals surface area (Å²) in [5.74, 6) is -0.182. The number of fused-ring (bicyclic) bond motifs is 1. The number of carbonyl (C=O) groups is 1. The van der Waals surface area contributed by atoms with Crippen molar-refractivity contribution < 1.29 is 4.79 Å². The molecule has 1 N–H and O–H groups in total. The number of piperazine rings is 1. The lowest BCUT2D eigenvalue weighted by Crippen LogP contribution is -2.44. The van der Waals surface area contributed by atoms with Crippen LogP contribution in [0.25, 0.3) is 10.9 Å². The van der Waals surface area contributed by atoms with Crippen molar-refractivity contribution in [1.82, 2.24) is 14.7 Å². The first-order chi connectivity index (χ1) is 14.0. The van der Waals surface area contributed by atoms with Crippen LogP contribution in [-0.4, -0.2) is 53.8 Å². The second kappa shape index (κ2) is 8.05. The maximum atomic E-state index is 12.6. The summed E-state index contributed by atoms with van der Waals surface area (Å²) in [5, 5.41) is 7.62. The predicted octanol–water partition coefficient (Wildman–Crippen LogP) is 2.10. The van der Waals surface area contributed by atoms with E-state index in [9.17, 15) is 9.59 Å². The summed E-state index contributed by atoms with van der Waals surface area (Å²) in [6.45, 7) is 6.24. The Hall–Kier alpha value is -3.19. The molecule has 0 radical (unpaired) electrons. The van der Waals surface area contributed by atoms with Gasteiger partial charge in [0, 0.05) is 42.9 Å². The highest BCUT2D eigenvalue weighted by molar-refractivity contribution is 5.92. The molecule has 1 fully saturated rings. The average Bonchev–Trinajstić information content (AvgIpc) is 2.71. The minimum absolute atomic E-state index is 0.0417. The second-order valence-corrected chi connectivity index (χ2v) is 7.52. The molecular formula is C22H25N5O2. The molecule has 1 aliphatic rings. The Morgan fingerprint density at radius 2 is 1.86 bits per heavy atom. The summed E-state index contributed by atoms with van der Waals surface area (Å²) in [6, 6.07) is 13.2. The number of aryl methyl sites for hydroxylation is 1. The highest BCUT2D eigenvalue weighted by Gasteiger charge is 2.16. The minimum Gasteiger partial charge on any atom is -0.369 e. The Labute approximate surface area is 169 Å². The van der Waals surface area contributed by atoms with Crippen LogP contribution in [0.4, 0.5) is 11.4 Å². The second-order valence-electron chi connectivity index (χ2n) is 7.52. The summed E-state index contributed by atoms with van der Waals surface area (Å²) >= 11 is 0. The largest absolute Gasteiger partial charge is 0.369 e. The summed E-state index contributed by atoms with van der Waals surface area (Å²) in [6.07, 6.45) is 1.25. The molecule has 2 aromatic carbocycles. The number of rotatable bonds is 4. The first-order valence-corrected chi connectivity index (χ1v) is 9.80. The van der Waals surface area contributed by atoms with Crippen molar-refractivity contribution in [3.63, 3.8) is 0 Å². The van der Waals surface area contributed by atoms with Gasteiger partial charge in [0.1, 0.15) is 6.54 Å². The lowest BCUT2D eigenvalue weighted by Gasteiger charge is -2.35. The monoisotopic (exact) mass is 391 g/mol. The number of nitrogens with zero attached hydrogens (tertiary/aromatic N) is 4. The highest BCUT2D eigenvalue weighted by atomic mass is 16.2. The number of nitrogens with one attached hydrogen (secondary N) is 1. The van der Waals surface area contributed by atoms with E-state index in [1.807, 2.05) is 18.2 Å². The Morgan fingerprint density at radius 3 is 2.62 bits per heavy atom. The van der Waals surface area contributed by atoms with Gasteiger partial charge in [-0.2, -0.15) is 5.10 Å². The Bertz CT molecular complexity index is 1100. The molecule has 1 saturated heterocycles. The maximum Gasteiger partial charge on any atom is 0.246 e. The molecule has 0 unspecified atom stereocenters. The zero-order chi connectivity index (χ0) is 20.4. The normalized spacial score (nSPS) is 14.9. The van der Waals surface area contributed by atoms with E-state index in [0.717, 1.165) is 37.4 Å². The zero-order valence-electron chi connectivity index (χ0n) is 16.8. The van der Waals surface area contributed by atoms with Gasteiger partial charge in [-0.1, -0.05) is 12.1 Å². The number of carbonyl (C=O) groups excluding carboxylic acids is 1. The fourth-order valence-corrected chi connectivity index (χ4v) is 3.76. The molecule has 0 spiro atoms. The standard InChI is InChI=1S/C22H25N5O2/c1-16-13-17(7-8-19(16)26-11-9-25(2)10-12-26)24-22(29)15-27-20-6-4-3-5-18(20)21(28)14-23-27/h3-8,13-14H,9-12,15H2,1-2H3,(H,24,29). The quantitative estimate of drug-likeness (QED) is 0.738. The molecule has 150 valence electrons. The number of amides is 1. The fourth-order valence-electron chi connectivity index (χ4n) is 3.76. The summed E-state index contributed by atoms with van der Waals surface area (Å²) < 4.78 is 1.55. The molecule has 0 saturated carbocycles. The molecule has 7 nitrogen and oxygen atoms in total. The van der Waals surface area contributed by atoms with Gasteiger partial charge in [0.05, 0.1) is 11.7 Å². The van der Waals surface area contributed by atoms with Gasteiger partial charge in [-0.15, -0.1) is 0 Å². The molecule has 0 bridgehead atoms. The predicted molar refractivity (Wildman–Crippen MR) is 116 cm³/mol. The maximum absolute atomic E-state index is 12.6. The van der Waals surface area contributed by atoms with Crippen LogP contribution in [0.2, 0.25) is 0 Å². The van der Waals surface area contributed by atoms with Gasteiger partial charge in [-0.05, 0) is 49.9 Å². The van der Waals surface area contributed by atoms with Gasteiger partial charge >= 0.3 is 0 Å². The van der Waals surface area contributed by atoms with Crippen molar-refractivity contribution >= 4 is 28.2 Å². The molecule has 0 atom stereocenters. The Kier molecular flexibility index (Phi) is 5.31. The zero-order valence-corrected chi connectivity index (χ0v) is 16.8.